The molecule has 1 atom stereocenters. The first-order valence-corrected chi connectivity index (χ1v) is 7.70. The van der Waals surface area contributed by atoms with Crippen LogP contribution in [0.5, 0.6) is 0 Å². The summed E-state index contributed by atoms with van der Waals surface area (Å²) in [5, 5.41) is 6.37. The van der Waals surface area contributed by atoms with Crippen LogP contribution in [-0.4, -0.2) is 43.5 Å². The highest BCUT2D eigenvalue weighted by Gasteiger charge is 2.29. The zero-order valence-electron chi connectivity index (χ0n) is 12.0. The largest absolute Gasteiger partial charge is 0.340 e. The zero-order chi connectivity index (χ0) is 15.0. The van der Waals surface area contributed by atoms with Gasteiger partial charge in [-0.3, -0.25) is 9.78 Å². The molecule has 21 heavy (non-hydrogen) atoms. The van der Waals surface area contributed by atoms with E-state index in [2.05, 4.69) is 19.6 Å². The van der Waals surface area contributed by atoms with E-state index in [-0.39, 0.29) is 17.5 Å². The minimum atomic E-state index is -0.304. The fraction of sp³-hybridized carbons (Fsp3) is 0.538. The lowest BCUT2D eigenvalue weighted by atomic mass is 9.96. The quantitative estimate of drug-likeness (QED) is 0.871. The first kappa shape index (κ1) is 14.0. The molecule has 1 aliphatic heterocycles. The molecule has 0 aromatic carbocycles. The molecule has 2 N–H and O–H groups in total. The van der Waals surface area contributed by atoms with Gasteiger partial charge in [0.1, 0.15) is 5.82 Å². The Kier molecular flexibility index (Phi) is 3.62. The summed E-state index contributed by atoms with van der Waals surface area (Å²) in [5.41, 5.74) is 1.20. The van der Waals surface area contributed by atoms with Gasteiger partial charge in [-0.05, 0) is 38.2 Å². The first-order chi connectivity index (χ1) is 10.1. The molecule has 0 saturated carbocycles. The Hall–Kier alpha value is -1.96. The summed E-state index contributed by atoms with van der Waals surface area (Å²) in [6.07, 6.45) is 1.82. The number of H-pyrrole nitrogens is 2. The fourth-order valence-electron chi connectivity index (χ4n) is 2.81. The lowest BCUT2D eigenvalue weighted by Gasteiger charge is -2.31. The van der Waals surface area contributed by atoms with Crippen molar-refractivity contribution in [1.82, 2.24) is 24.5 Å². The summed E-state index contributed by atoms with van der Waals surface area (Å²) in [6, 6.07) is 0. The highest BCUT2D eigenvalue weighted by molar-refractivity contribution is 7.06. The van der Waals surface area contributed by atoms with Crippen molar-refractivity contribution in [1.29, 1.82) is 0 Å². The van der Waals surface area contributed by atoms with Gasteiger partial charge >= 0.3 is 5.69 Å². The number of carbonyl (C=O) groups excluding carboxylic acids is 1. The Morgan fingerprint density at radius 2 is 2.24 bits per heavy atom. The van der Waals surface area contributed by atoms with Gasteiger partial charge < -0.3 is 4.90 Å². The van der Waals surface area contributed by atoms with Crippen LogP contribution in [0, 0.1) is 13.8 Å². The Bertz CT molecular complexity index is 697. The number of amides is 1. The molecule has 1 unspecified atom stereocenters. The van der Waals surface area contributed by atoms with E-state index in [1.807, 2.05) is 18.7 Å². The first-order valence-electron chi connectivity index (χ1n) is 6.93. The smallest absolute Gasteiger partial charge is 0.338 e. The van der Waals surface area contributed by atoms with Gasteiger partial charge in [-0.25, -0.2) is 9.89 Å². The lowest BCUT2D eigenvalue weighted by Crippen LogP contribution is -2.39. The summed E-state index contributed by atoms with van der Waals surface area (Å²) < 4.78 is 4.24. The third-order valence-electron chi connectivity index (χ3n) is 3.86. The molecule has 1 amide bonds. The molecular formula is C13H17N5O2S. The van der Waals surface area contributed by atoms with E-state index in [1.54, 1.807) is 0 Å². The molecule has 2 aromatic heterocycles. The number of carbonyl (C=O) groups is 1. The third-order valence-corrected chi connectivity index (χ3v) is 4.71. The van der Waals surface area contributed by atoms with E-state index in [0.29, 0.717) is 12.4 Å². The average molecular weight is 307 g/mol. The van der Waals surface area contributed by atoms with Crippen molar-refractivity contribution in [2.24, 2.45) is 0 Å². The predicted molar refractivity (Wildman–Crippen MR) is 78.7 cm³/mol. The average Bonchev–Trinajstić information content (AvgIpc) is 3.05. The molecule has 0 radical (unpaired) electrons. The van der Waals surface area contributed by atoms with E-state index in [9.17, 15) is 9.59 Å². The van der Waals surface area contributed by atoms with Crippen LogP contribution in [0.15, 0.2) is 4.79 Å². The Morgan fingerprint density at radius 3 is 2.86 bits per heavy atom. The van der Waals surface area contributed by atoms with Gasteiger partial charge in [0, 0.05) is 23.9 Å². The van der Waals surface area contributed by atoms with Crippen LogP contribution in [0.25, 0.3) is 0 Å². The van der Waals surface area contributed by atoms with Crippen LogP contribution in [0.3, 0.4) is 0 Å². The van der Waals surface area contributed by atoms with Crippen LogP contribution in [0.2, 0.25) is 0 Å². The number of nitrogens with one attached hydrogen (secondary N) is 2. The maximum atomic E-state index is 12.7. The van der Waals surface area contributed by atoms with Crippen LogP contribution < -0.4 is 5.69 Å². The van der Waals surface area contributed by atoms with Crippen molar-refractivity contribution in [2.45, 2.75) is 32.6 Å². The summed E-state index contributed by atoms with van der Waals surface area (Å²) >= 11 is 1.36. The van der Waals surface area contributed by atoms with Crippen molar-refractivity contribution in [3.63, 3.8) is 0 Å². The molecule has 0 bridgehead atoms. The molecule has 0 spiro atoms. The van der Waals surface area contributed by atoms with Crippen molar-refractivity contribution in [3.05, 3.63) is 32.4 Å². The highest BCUT2D eigenvalue weighted by atomic mass is 32.1. The number of likely N-dealkylation sites (tertiary alicyclic amines) is 1. The van der Waals surface area contributed by atoms with Crippen LogP contribution in [0.4, 0.5) is 0 Å². The van der Waals surface area contributed by atoms with Crippen molar-refractivity contribution in [3.8, 4) is 0 Å². The molecule has 1 saturated heterocycles. The number of rotatable bonds is 2. The molecular weight excluding hydrogens is 290 g/mol. The zero-order valence-corrected chi connectivity index (χ0v) is 12.8. The maximum absolute atomic E-state index is 12.7. The van der Waals surface area contributed by atoms with Gasteiger partial charge in [-0.15, -0.1) is 0 Å². The van der Waals surface area contributed by atoms with E-state index in [0.717, 1.165) is 35.5 Å². The predicted octanol–water partition coefficient (Wildman–Crippen LogP) is 1.19. The summed E-state index contributed by atoms with van der Waals surface area (Å²) in [6.45, 7) is 5.10. The SMILES string of the molecule is Cc1nsc(C)c1C(=O)N1CCCC(c2n[nH]c(=O)[nH]2)C1. The monoisotopic (exact) mass is 307 g/mol. The summed E-state index contributed by atoms with van der Waals surface area (Å²) in [4.78, 5) is 29.3. The second-order valence-corrected chi connectivity index (χ2v) is 6.33. The van der Waals surface area contributed by atoms with Crippen LogP contribution >= 0.6 is 11.5 Å². The topological polar surface area (TPSA) is 94.7 Å². The van der Waals surface area contributed by atoms with Gasteiger partial charge in [0.05, 0.1) is 11.3 Å². The molecule has 3 rings (SSSR count). The van der Waals surface area contributed by atoms with E-state index < -0.39 is 0 Å². The maximum Gasteiger partial charge on any atom is 0.340 e. The minimum Gasteiger partial charge on any atom is -0.338 e. The normalized spacial score (nSPS) is 19.0. The van der Waals surface area contributed by atoms with Gasteiger partial charge in [-0.2, -0.15) is 9.47 Å². The molecule has 2 aromatic rings. The lowest BCUT2D eigenvalue weighted by molar-refractivity contribution is 0.0703. The third kappa shape index (κ3) is 2.63. The van der Waals surface area contributed by atoms with Crippen molar-refractivity contribution >= 4 is 17.4 Å². The van der Waals surface area contributed by atoms with E-state index in [4.69, 9.17) is 0 Å². The summed E-state index contributed by atoms with van der Waals surface area (Å²) in [5.74, 6) is 0.740. The molecule has 3 heterocycles. The van der Waals surface area contributed by atoms with Crippen molar-refractivity contribution in [2.75, 3.05) is 13.1 Å². The van der Waals surface area contributed by atoms with E-state index in [1.165, 1.54) is 11.5 Å². The Balaban J connectivity index is 1.80. The number of hydrogen-bond donors (Lipinski definition) is 2. The number of hydrogen-bond acceptors (Lipinski definition) is 5. The molecule has 8 heteroatoms. The second-order valence-electron chi connectivity index (χ2n) is 5.35. The molecule has 0 aliphatic carbocycles. The molecule has 112 valence electrons. The van der Waals surface area contributed by atoms with Crippen LogP contribution in [-0.2, 0) is 0 Å². The van der Waals surface area contributed by atoms with Crippen LogP contribution in [0.1, 0.15) is 45.5 Å². The van der Waals surface area contributed by atoms with Gasteiger partial charge in [-0.1, -0.05) is 0 Å². The number of aromatic nitrogens is 4. The van der Waals surface area contributed by atoms with Crippen molar-refractivity contribution < 1.29 is 4.79 Å². The summed E-state index contributed by atoms with van der Waals surface area (Å²) in [7, 11) is 0. The number of aryl methyl sites for hydroxylation is 2. The second kappa shape index (κ2) is 5.44. The molecule has 1 aliphatic rings. The highest BCUT2D eigenvalue weighted by Crippen LogP contribution is 2.26. The molecule has 7 nitrogen and oxygen atoms in total. The van der Waals surface area contributed by atoms with Gasteiger partial charge in [0.25, 0.3) is 5.91 Å². The standard InChI is InChI=1S/C13H17N5O2S/c1-7-10(8(2)21-17-7)12(19)18-5-3-4-9(6-18)11-14-13(20)16-15-11/h9H,3-6H2,1-2H3,(H2,14,15,16,20). The van der Waals surface area contributed by atoms with E-state index >= 15 is 0 Å². The fourth-order valence-corrected chi connectivity index (χ4v) is 3.50. The number of nitrogens with zero attached hydrogens (tertiary/aromatic N) is 3. The van der Waals surface area contributed by atoms with Gasteiger partial charge in [0.15, 0.2) is 0 Å². The minimum absolute atomic E-state index is 0.0290. The number of aromatic amines is 2. The Morgan fingerprint density at radius 1 is 1.43 bits per heavy atom. The number of piperidine rings is 1. The van der Waals surface area contributed by atoms with Gasteiger partial charge in [0.2, 0.25) is 0 Å². The Labute approximate surface area is 125 Å². The molecule has 1 fully saturated rings.